The Bertz CT molecular complexity index is 350. The van der Waals surface area contributed by atoms with Crippen LogP contribution in [-0.2, 0) is 6.42 Å². The van der Waals surface area contributed by atoms with E-state index in [-0.39, 0.29) is 0 Å². The minimum Gasteiger partial charge on any atom is -0.316 e. The second-order valence-corrected chi connectivity index (χ2v) is 6.02. The van der Waals surface area contributed by atoms with Crippen molar-refractivity contribution in [3.05, 3.63) is 18.0 Å². The van der Waals surface area contributed by atoms with Crippen LogP contribution in [0.4, 0.5) is 0 Å². The van der Waals surface area contributed by atoms with E-state index in [4.69, 9.17) is 5.10 Å². The van der Waals surface area contributed by atoms with E-state index in [1.807, 2.05) is 0 Å². The van der Waals surface area contributed by atoms with Crippen LogP contribution in [0.1, 0.15) is 32.0 Å². The predicted octanol–water partition coefficient (Wildman–Crippen LogP) is 2.35. The summed E-state index contributed by atoms with van der Waals surface area (Å²) < 4.78 is 2.10. The number of aromatic nitrogens is 2. The fourth-order valence-electron chi connectivity index (χ4n) is 2.31. The molecule has 3 unspecified atom stereocenters. The summed E-state index contributed by atoms with van der Waals surface area (Å²) in [6.45, 7) is 4.43. The van der Waals surface area contributed by atoms with Crippen LogP contribution < -0.4 is 5.32 Å². The third-order valence-electron chi connectivity index (χ3n) is 3.75. The van der Waals surface area contributed by atoms with Crippen molar-refractivity contribution in [1.29, 1.82) is 0 Å². The van der Waals surface area contributed by atoms with Gasteiger partial charge >= 0.3 is 0 Å². The smallest absolute Gasteiger partial charge is 0.0628 e. The molecule has 2 rings (SSSR count). The first-order chi connectivity index (χ1) is 8.24. The van der Waals surface area contributed by atoms with Crippen molar-refractivity contribution in [1.82, 2.24) is 15.1 Å². The molecule has 3 nitrogen and oxygen atoms in total. The molecular formula is C13H23N3S. The van der Waals surface area contributed by atoms with Crippen molar-refractivity contribution in [2.75, 3.05) is 18.6 Å². The molecular weight excluding hydrogens is 230 g/mol. The molecule has 17 heavy (non-hydrogen) atoms. The third kappa shape index (κ3) is 3.05. The number of hydrogen-bond donors (Lipinski definition) is 1. The highest BCUT2D eigenvalue weighted by molar-refractivity contribution is 7.99. The SMILES string of the molecule is CCC(C)n1ccc(CC2CSCC2NC)n1. The van der Waals surface area contributed by atoms with E-state index in [2.05, 4.69) is 54.9 Å². The van der Waals surface area contributed by atoms with Crippen molar-refractivity contribution in [2.24, 2.45) is 5.92 Å². The molecule has 4 heteroatoms. The molecule has 0 bridgehead atoms. The maximum absolute atomic E-state index is 4.69. The van der Waals surface area contributed by atoms with E-state index < -0.39 is 0 Å². The molecule has 0 aromatic carbocycles. The normalized spacial score (nSPS) is 26.3. The summed E-state index contributed by atoms with van der Waals surface area (Å²) >= 11 is 2.05. The van der Waals surface area contributed by atoms with E-state index in [1.165, 1.54) is 17.2 Å². The molecule has 1 aromatic rings. The Labute approximate surface area is 108 Å². The summed E-state index contributed by atoms with van der Waals surface area (Å²) in [6, 6.07) is 3.36. The highest BCUT2D eigenvalue weighted by Crippen LogP contribution is 2.26. The van der Waals surface area contributed by atoms with Gasteiger partial charge in [0, 0.05) is 24.0 Å². The molecule has 0 saturated carbocycles. The lowest BCUT2D eigenvalue weighted by atomic mass is 9.98. The first kappa shape index (κ1) is 13.0. The molecule has 1 fully saturated rings. The lowest BCUT2D eigenvalue weighted by Crippen LogP contribution is -2.33. The zero-order chi connectivity index (χ0) is 12.3. The number of nitrogens with zero attached hydrogens (tertiary/aromatic N) is 2. The van der Waals surface area contributed by atoms with Crippen LogP contribution >= 0.6 is 11.8 Å². The van der Waals surface area contributed by atoms with Crippen molar-refractivity contribution in [3.63, 3.8) is 0 Å². The quantitative estimate of drug-likeness (QED) is 0.873. The number of rotatable bonds is 5. The van der Waals surface area contributed by atoms with Gasteiger partial charge in [0.2, 0.25) is 0 Å². The minimum absolute atomic E-state index is 0.516. The Morgan fingerprint density at radius 1 is 1.59 bits per heavy atom. The van der Waals surface area contributed by atoms with E-state index in [1.54, 1.807) is 0 Å². The zero-order valence-electron chi connectivity index (χ0n) is 11.0. The molecule has 1 aliphatic rings. The van der Waals surface area contributed by atoms with Gasteiger partial charge in [-0.3, -0.25) is 4.68 Å². The lowest BCUT2D eigenvalue weighted by molar-refractivity contribution is 0.436. The maximum Gasteiger partial charge on any atom is 0.0628 e. The van der Waals surface area contributed by atoms with Gasteiger partial charge in [-0.05, 0) is 44.6 Å². The predicted molar refractivity (Wildman–Crippen MR) is 74.6 cm³/mol. The molecule has 3 atom stereocenters. The zero-order valence-corrected chi connectivity index (χ0v) is 11.8. The van der Waals surface area contributed by atoms with Crippen molar-refractivity contribution in [2.45, 2.75) is 38.8 Å². The van der Waals surface area contributed by atoms with Crippen LogP contribution in [0.25, 0.3) is 0 Å². The van der Waals surface area contributed by atoms with Gasteiger partial charge in [0.25, 0.3) is 0 Å². The Hall–Kier alpha value is -0.480. The van der Waals surface area contributed by atoms with Gasteiger partial charge in [0.15, 0.2) is 0 Å². The van der Waals surface area contributed by atoms with Crippen LogP contribution in [0, 0.1) is 5.92 Å². The second kappa shape index (κ2) is 5.91. The van der Waals surface area contributed by atoms with E-state index in [9.17, 15) is 0 Å². The summed E-state index contributed by atoms with van der Waals surface area (Å²) in [6.07, 6.45) is 4.38. The lowest BCUT2D eigenvalue weighted by Gasteiger charge is -2.16. The molecule has 96 valence electrons. The summed E-state index contributed by atoms with van der Waals surface area (Å²) in [4.78, 5) is 0. The minimum atomic E-state index is 0.516. The average molecular weight is 253 g/mol. The molecule has 0 spiro atoms. The van der Waals surface area contributed by atoms with Crippen LogP contribution in [0.15, 0.2) is 12.3 Å². The topological polar surface area (TPSA) is 29.9 Å². The average Bonchev–Trinajstić information content (AvgIpc) is 2.97. The second-order valence-electron chi connectivity index (χ2n) is 4.94. The van der Waals surface area contributed by atoms with Gasteiger partial charge in [0.1, 0.15) is 0 Å². The monoisotopic (exact) mass is 253 g/mol. The Morgan fingerprint density at radius 2 is 2.41 bits per heavy atom. The van der Waals surface area contributed by atoms with Crippen LogP contribution in [-0.4, -0.2) is 34.4 Å². The molecule has 0 aliphatic carbocycles. The van der Waals surface area contributed by atoms with Crippen molar-refractivity contribution >= 4 is 11.8 Å². The van der Waals surface area contributed by atoms with Gasteiger partial charge in [0.05, 0.1) is 5.69 Å². The molecule has 0 amide bonds. The van der Waals surface area contributed by atoms with Crippen molar-refractivity contribution in [3.8, 4) is 0 Å². The first-order valence-electron chi connectivity index (χ1n) is 6.53. The molecule has 2 heterocycles. The number of hydrogen-bond acceptors (Lipinski definition) is 3. The van der Waals surface area contributed by atoms with E-state index in [0.717, 1.165) is 18.8 Å². The fourth-order valence-corrected chi connectivity index (χ4v) is 3.79. The summed E-state index contributed by atoms with van der Waals surface area (Å²) in [7, 11) is 2.07. The van der Waals surface area contributed by atoms with E-state index in [0.29, 0.717) is 12.1 Å². The Morgan fingerprint density at radius 3 is 3.12 bits per heavy atom. The summed E-state index contributed by atoms with van der Waals surface area (Å²) in [5.41, 5.74) is 1.25. The standard InChI is InChI=1S/C13H23N3S/c1-4-10(2)16-6-5-12(15-16)7-11-8-17-9-13(11)14-3/h5-6,10-11,13-14H,4,7-9H2,1-3H3. The van der Waals surface area contributed by atoms with Crippen molar-refractivity contribution < 1.29 is 0 Å². The molecule has 1 aliphatic heterocycles. The third-order valence-corrected chi connectivity index (χ3v) is 5.01. The maximum atomic E-state index is 4.69. The largest absolute Gasteiger partial charge is 0.316 e. The Kier molecular flexibility index (Phi) is 4.51. The van der Waals surface area contributed by atoms with E-state index >= 15 is 0 Å². The van der Waals surface area contributed by atoms with Crippen LogP contribution in [0.3, 0.4) is 0 Å². The molecule has 1 saturated heterocycles. The van der Waals surface area contributed by atoms with Gasteiger partial charge in [-0.15, -0.1) is 0 Å². The van der Waals surface area contributed by atoms with Crippen LogP contribution in [0.5, 0.6) is 0 Å². The Balaban J connectivity index is 1.96. The molecule has 1 N–H and O–H groups in total. The number of nitrogens with one attached hydrogen (secondary N) is 1. The summed E-state index contributed by atoms with van der Waals surface area (Å²) in [5.74, 6) is 3.25. The molecule has 1 aromatic heterocycles. The highest BCUT2D eigenvalue weighted by atomic mass is 32.2. The van der Waals surface area contributed by atoms with Gasteiger partial charge in [-0.25, -0.2) is 0 Å². The van der Waals surface area contributed by atoms with Crippen LogP contribution in [0.2, 0.25) is 0 Å². The highest BCUT2D eigenvalue weighted by Gasteiger charge is 2.27. The van der Waals surface area contributed by atoms with Gasteiger partial charge in [-0.2, -0.15) is 16.9 Å². The molecule has 0 radical (unpaired) electrons. The fraction of sp³-hybridized carbons (Fsp3) is 0.769. The number of thioether (sulfide) groups is 1. The first-order valence-corrected chi connectivity index (χ1v) is 7.69. The van der Waals surface area contributed by atoms with Gasteiger partial charge in [-0.1, -0.05) is 6.92 Å². The summed E-state index contributed by atoms with van der Waals surface area (Å²) in [5, 5.41) is 8.11. The van der Waals surface area contributed by atoms with Gasteiger partial charge < -0.3 is 5.32 Å².